The van der Waals surface area contributed by atoms with Crippen LogP contribution in [0.1, 0.15) is 17.3 Å². The third-order valence-electron chi connectivity index (χ3n) is 1.92. The molecule has 0 saturated heterocycles. The molecule has 0 atom stereocenters. The van der Waals surface area contributed by atoms with Gasteiger partial charge in [0.2, 0.25) is 0 Å². The van der Waals surface area contributed by atoms with E-state index in [1.807, 2.05) is 12.1 Å². The maximum atomic E-state index is 11.4. The minimum Gasteiger partial charge on any atom is -0.462 e. The summed E-state index contributed by atoms with van der Waals surface area (Å²) in [6, 6.07) is 7.43. The van der Waals surface area contributed by atoms with Crippen molar-refractivity contribution < 1.29 is 9.53 Å². The van der Waals surface area contributed by atoms with E-state index >= 15 is 0 Å². The second-order valence-electron chi connectivity index (χ2n) is 4.67. The van der Waals surface area contributed by atoms with Gasteiger partial charge in [-0.05, 0) is 31.2 Å². The zero-order valence-electron chi connectivity index (χ0n) is 10.3. The highest BCUT2D eigenvalue weighted by Gasteiger charge is 2.13. The Hall–Kier alpha value is -1.29. The summed E-state index contributed by atoms with van der Waals surface area (Å²) in [6.07, 6.45) is 0. The molecule has 1 aromatic rings. The molecule has 0 spiro atoms. The van der Waals surface area contributed by atoms with Crippen molar-refractivity contribution in [1.29, 1.82) is 0 Å². The van der Waals surface area contributed by atoms with Crippen LogP contribution >= 0.6 is 0 Å². The molecule has 0 fully saturated rings. The number of esters is 1. The number of ether oxygens (including phenoxy) is 1. The second-order valence-corrected chi connectivity index (χ2v) is 9.42. The van der Waals surface area contributed by atoms with Gasteiger partial charge in [-0.3, -0.25) is 0 Å². The SMILES string of the molecule is CCOC(=O)c1ccc(N[Si](C)(C)C)cc1. The maximum Gasteiger partial charge on any atom is 0.338 e. The van der Waals surface area contributed by atoms with Gasteiger partial charge in [-0.25, -0.2) is 4.79 Å². The van der Waals surface area contributed by atoms with Gasteiger partial charge in [0.15, 0.2) is 0 Å². The smallest absolute Gasteiger partial charge is 0.338 e. The predicted octanol–water partition coefficient (Wildman–Crippen LogP) is 3.11. The highest BCUT2D eigenvalue weighted by atomic mass is 28.3. The molecule has 1 rings (SSSR count). The molecule has 0 saturated carbocycles. The van der Waals surface area contributed by atoms with E-state index < -0.39 is 8.24 Å². The molecule has 88 valence electrons. The zero-order chi connectivity index (χ0) is 12.2. The Labute approximate surface area is 97.9 Å². The van der Waals surface area contributed by atoms with Gasteiger partial charge in [-0.2, -0.15) is 0 Å². The van der Waals surface area contributed by atoms with E-state index in [4.69, 9.17) is 4.74 Å². The van der Waals surface area contributed by atoms with Crippen LogP contribution in [0.25, 0.3) is 0 Å². The number of benzene rings is 1. The zero-order valence-corrected chi connectivity index (χ0v) is 11.3. The van der Waals surface area contributed by atoms with E-state index in [9.17, 15) is 4.79 Å². The third-order valence-corrected chi connectivity index (χ3v) is 2.95. The number of nitrogens with one attached hydrogen (secondary N) is 1. The van der Waals surface area contributed by atoms with Crippen molar-refractivity contribution in [3.8, 4) is 0 Å². The number of carbonyl (C=O) groups is 1. The van der Waals surface area contributed by atoms with Crippen LogP contribution < -0.4 is 4.98 Å². The fraction of sp³-hybridized carbons (Fsp3) is 0.417. The number of hydrogen-bond donors (Lipinski definition) is 1. The van der Waals surface area contributed by atoms with E-state index in [-0.39, 0.29) is 5.97 Å². The lowest BCUT2D eigenvalue weighted by molar-refractivity contribution is 0.0526. The molecule has 16 heavy (non-hydrogen) atoms. The molecule has 0 unspecified atom stereocenters. The van der Waals surface area contributed by atoms with E-state index in [0.717, 1.165) is 5.69 Å². The highest BCUT2D eigenvalue weighted by Crippen LogP contribution is 2.14. The first-order valence-electron chi connectivity index (χ1n) is 5.48. The lowest BCUT2D eigenvalue weighted by Crippen LogP contribution is -2.32. The van der Waals surface area contributed by atoms with Gasteiger partial charge in [-0.15, -0.1) is 0 Å². The minimum absolute atomic E-state index is 0.262. The summed E-state index contributed by atoms with van der Waals surface area (Å²) in [5.41, 5.74) is 1.66. The number of rotatable bonds is 4. The molecule has 4 heteroatoms. The summed E-state index contributed by atoms with van der Waals surface area (Å²) in [6.45, 7) is 8.90. The molecular weight excluding hydrogens is 218 g/mol. The van der Waals surface area contributed by atoms with E-state index in [0.29, 0.717) is 12.2 Å². The van der Waals surface area contributed by atoms with Gasteiger partial charge in [0, 0.05) is 5.69 Å². The fourth-order valence-corrected chi connectivity index (χ4v) is 2.37. The molecule has 0 bridgehead atoms. The van der Waals surface area contributed by atoms with Gasteiger partial charge >= 0.3 is 5.97 Å². The molecule has 1 aromatic carbocycles. The number of carbonyl (C=O) groups excluding carboxylic acids is 1. The molecule has 0 aliphatic rings. The van der Waals surface area contributed by atoms with Crippen molar-refractivity contribution >= 4 is 19.9 Å². The number of hydrogen-bond acceptors (Lipinski definition) is 3. The first kappa shape index (κ1) is 12.8. The lowest BCUT2D eigenvalue weighted by atomic mass is 10.2. The van der Waals surface area contributed by atoms with Crippen LogP contribution in [-0.2, 0) is 4.74 Å². The van der Waals surface area contributed by atoms with Gasteiger partial charge in [0.25, 0.3) is 0 Å². The van der Waals surface area contributed by atoms with Crippen LogP contribution in [0.3, 0.4) is 0 Å². The Morgan fingerprint density at radius 2 is 1.81 bits per heavy atom. The van der Waals surface area contributed by atoms with Crippen LogP contribution in [0.5, 0.6) is 0 Å². The van der Waals surface area contributed by atoms with Crippen LogP contribution in [0, 0.1) is 0 Å². The van der Waals surface area contributed by atoms with Crippen molar-refractivity contribution in [2.75, 3.05) is 11.6 Å². The molecule has 0 amide bonds. The van der Waals surface area contributed by atoms with Crippen molar-refractivity contribution in [3.63, 3.8) is 0 Å². The maximum absolute atomic E-state index is 11.4. The Morgan fingerprint density at radius 1 is 1.25 bits per heavy atom. The van der Waals surface area contributed by atoms with Gasteiger partial charge < -0.3 is 9.72 Å². The molecule has 0 aromatic heterocycles. The summed E-state index contributed by atoms with van der Waals surface area (Å²) < 4.78 is 4.92. The van der Waals surface area contributed by atoms with E-state index in [2.05, 4.69) is 24.6 Å². The first-order chi connectivity index (χ1) is 7.42. The normalized spacial score (nSPS) is 11.0. The predicted molar refractivity (Wildman–Crippen MR) is 69.4 cm³/mol. The van der Waals surface area contributed by atoms with Gasteiger partial charge in [0.1, 0.15) is 8.24 Å². The molecule has 0 heterocycles. The average molecular weight is 237 g/mol. The summed E-state index contributed by atoms with van der Waals surface area (Å²) in [7, 11) is -1.32. The Bertz CT molecular complexity index is 354. The van der Waals surface area contributed by atoms with Gasteiger partial charge in [0.05, 0.1) is 12.2 Å². The van der Waals surface area contributed by atoms with Gasteiger partial charge in [-0.1, -0.05) is 19.6 Å². The summed E-state index contributed by atoms with van der Waals surface area (Å²) >= 11 is 0. The monoisotopic (exact) mass is 237 g/mol. The van der Waals surface area contributed by atoms with E-state index in [1.54, 1.807) is 19.1 Å². The van der Waals surface area contributed by atoms with Crippen molar-refractivity contribution in [2.24, 2.45) is 0 Å². The largest absolute Gasteiger partial charge is 0.462 e. The topological polar surface area (TPSA) is 38.3 Å². The fourth-order valence-electron chi connectivity index (χ4n) is 1.34. The van der Waals surface area contributed by atoms with Crippen molar-refractivity contribution in [2.45, 2.75) is 26.6 Å². The standard InChI is InChI=1S/C12H19NO2Si/c1-5-15-12(14)10-6-8-11(9-7-10)13-16(2,3)4/h6-9,13H,5H2,1-4H3. The molecule has 0 radical (unpaired) electrons. The van der Waals surface area contributed by atoms with Crippen LogP contribution in [0.2, 0.25) is 19.6 Å². The molecule has 0 aliphatic heterocycles. The first-order valence-corrected chi connectivity index (χ1v) is 8.98. The second kappa shape index (κ2) is 5.16. The van der Waals surface area contributed by atoms with E-state index in [1.165, 1.54) is 0 Å². The van der Waals surface area contributed by atoms with Crippen LogP contribution in [-0.4, -0.2) is 20.8 Å². The minimum atomic E-state index is -1.32. The van der Waals surface area contributed by atoms with Crippen LogP contribution in [0.15, 0.2) is 24.3 Å². The van der Waals surface area contributed by atoms with Crippen molar-refractivity contribution in [1.82, 2.24) is 0 Å². The molecule has 1 N–H and O–H groups in total. The molecular formula is C12H19NO2Si. The summed E-state index contributed by atoms with van der Waals surface area (Å²) in [4.78, 5) is 14.9. The van der Waals surface area contributed by atoms with Crippen LogP contribution in [0.4, 0.5) is 5.69 Å². The third kappa shape index (κ3) is 4.06. The average Bonchev–Trinajstić information content (AvgIpc) is 2.16. The lowest BCUT2D eigenvalue weighted by Gasteiger charge is -2.19. The highest BCUT2D eigenvalue weighted by molar-refractivity contribution is 6.79. The summed E-state index contributed by atoms with van der Waals surface area (Å²) in [5.74, 6) is -0.262. The Balaban J connectivity index is 2.72. The molecule has 0 aliphatic carbocycles. The van der Waals surface area contributed by atoms with Crippen molar-refractivity contribution in [3.05, 3.63) is 29.8 Å². The molecule has 3 nitrogen and oxygen atoms in total. The Morgan fingerprint density at radius 3 is 2.25 bits per heavy atom. The number of anilines is 1. The summed E-state index contributed by atoms with van der Waals surface area (Å²) in [5, 5.41) is 0. The quantitative estimate of drug-likeness (QED) is 0.646. The Kier molecular flexibility index (Phi) is 4.12.